The zero-order valence-electron chi connectivity index (χ0n) is 9.50. The minimum Gasteiger partial charge on any atom is -0.463 e. The van der Waals surface area contributed by atoms with Crippen molar-refractivity contribution < 1.29 is 9.62 Å². The van der Waals surface area contributed by atoms with Gasteiger partial charge in [-0.05, 0) is 24.3 Å². The number of para-hydroxylation sites is 2. The van der Waals surface area contributed by atoms with Crippen LogP contribution in [0, 0.1) is 0 Å². The van der Waals surface area contributed by atoms with Crippen LogP contribution in [0.1, 0.15) is 11.6 Å². The first-order chi connectivity index (χ1) is 8.86. The summed E-state index contributed by atoms with van der Waals surface area (Å²) in [5.74, 6) is 1.28. The summed E-state index contributed by atoms with van der Waals surface area (Å²) >= 11 is 0. The van der Waals surface area contributed by atoms with E-state index in [9.17, 15) is 0 Å². The molecule has 5 heteroatoms. The Morgan fingerprint density at radius 2 is 2.17 bits per heavy atom. The summed E-state index contributed by atoms with van der Waals surface area (Å²) in [7, 11) is 0. The number of rotatable bonds is 3. The van der Waals surface area contributed by atoms with Crippen LogP contribution in [-0.4, -0.2) is 20.9 Å². The number of nitrogens with zero attached hydrogens (tertiary/aromatic N) is 2. The van der Waals surface area contributed by atoms with Crippen molar-refractivity contribution >= 4 is 16.7 Å². The zero-order chi connectivity index (χ0) is 12.4. The standard InChI is InChI=1S/C13H11N3O2/c17-16-11(12-6-3-7-18-12)8-13-14-9-4-1-2-5-10(9)15-13/h1-7,17H,8H2,(H,14,15)/b16-11+. The molecule has 0 saturated carbocycles. The lowest BCUT2D eigenvalue weighted by Gasteiger charge is -1.97. The number of oxime groups is 1. The first-order valence-corrected chi connectivity index (χ1v) is 5.55. The zero-order valence-corrected chi connectivity index (χ0v) is 9.50. The van der Waals surface area contributed by atoms with Gasteiger partial charge in [-0.2, -0.15) is 0 Å². The molecule has 0 bridgehead atoms. The fraction of sp³-hybridized carbons (Fsp3) is 0.0769. The van der Waals surface area contributed by atoms with Gasteiger partial charge < -0.3 is 14.6 Å². The van der Waals surface area contributed by atoms with Crippen molar-refractivity contribution in [3.63, 3.8) is 0 Å². The molecule has 0 atom stereocenters. The third kappa shape index (κ3) is 1.86. The lowest BCUT2D eigenvalue weighted by molar-refractivity contribution is 0.317. The molecule has 5 nitrogen and oxygen atoms in total. The third-order valence-corrected chi connectivity index (χ3v) is 2.70. The van der Waals surface area contributed by atoms with E-state index >= 15 is 0 Å². The van der Waals surface area contributed by atoms with Gasteiger partial charge in [0.2, 0.25) is 0 Å². The summed E-state index contributed by atoms with van der Waals surface area (Å²) in [6.45, 7) is 0. The lowest BCUT2D eigenvalue weighted by atomic mass is 10.2. The van der Waals surface area contributed by atoms with Gasteiger partial charge in [-0.25, -0.2) is 4.98 Å². The van der Waals surface area contributed by atoms with Crippen LogP contribution in [0.2, 0.25) is 0 Å². The molecular weight excluding hydrogens is 230 g/mol. The number of fused-ring (bicyclic) bond motifs is 1. The molecule has 1 aromatic carbocycles. The third-order valence-electron chi connectivity index (χ3n) is 2.70. The van der Waals surface area contributed by atoms with Crippen molar-refractivity contribution in [2.24, 2.45) is 5.16 Å². The predicted molar refractivity (Wildman–Crippen MR) is 66.8 cm³/mol. The summed E-state index contributed by atoms with van der Waals surface area (Å²) < 4.78 is 5.20. The minimum atomic E-state index is 0.388. The number of hydrogen-bond donors (Lipinski definition) is 2. The molecule has 3 aromatic rings. The van der Waals surface area contributed by atoms with Gasteiger partial charge in [0, 0.05) is 0 Å². The largest absolute Gasteiger partial charge is 0.463 e. The maximum Gasteiger partial charge on any atom is 0.151 e. The molecule has 18 heavy (non-hydrogen) atoms. The van der Waals surface area contributed by atoms with E-state index < -0.39 is 0 Å². The van der Waals surface area contributed by atoms with E-state index in [2.05, 4.69) is 15.1 Å². The molecule has 0 unspecified atom stereocenters. The van der Waals surface area contributed by atoms with E-state index in [1.807, 2.05) is 24.3 Å². The smallest absolute Gasteiger partial charge is 0.151 e. The molecule has 3 rings (SSSR count). The minimum absolute atomic E-state index is 0.388. The summed E-state index contributed by atoms with van der Waals surface area (Å²) in [6, 6.07) is 11.3. The van der Waals surface area contributed by atoms with Gasteiger partial charge in [0.1, 0.15) is 11.5 Å². The first kappa shape index (κ1) is 10.6. The second-order valence-corrected chi connectivity index (χ2v) is 3.90. The maximum absolute atomic E-state index is 9.02. The van der Waals surface area contributed by atoms with Crippen LogP contribution in [0.25, 0.3) is 11.0 Å². The Hall–Kier alpha value is -2.56. The van der Waals surface area contributed by atoms with E-state index in [1.165, 1.54) is 0 Å². The maximum atomic E-state index is 9.02. The van der Waals surface area contributed by atoms with Crippen molar-refractivity contribution in [1.82, 2.24) is 9.97 Å². The van der Waals surface area contributed by atoms with Crippen LogP contribution in [0.3, 0.4) is 0 Å². The van der Waals surface area contributed by atoms with Crippen molar-refractivity contribution in [3.05, 3.63) is 54.2 Å². The van der Waals surface area contributed by atoms with Crippen molar-refractivity contribution in [1.29, 1.82) is 0 Å². The van der Waals surface area contributed by atoms with Crippen molar-refractivity contribution in [3.8, 4) is 0 Å². The molecule has 2 aromatic heterocycles. The number of imidazole rings is 1. The molecule has 0 amide bonds. The van der Waals surface area contributed by atoms with Crippen molar-refractivity contribution in [2.75, 3.05) is 0 Å². The number of hydrogen-bond acceptors (Lipinski definition) is 4. The Morgan fingerprint density at radius 1 is 1.28 bits per heavy atom. The average Bonchev–Trinajstić information content (AvgIpc) is 3.04. The molecule has 90 valence electrons. The number of aromatic nitrogens is 2. The summed E-state index contributed by atoms with van der Waals surface area (Å²) in [5.41, 5.74) is 2.30. The van der Waals surface area contributed by atoms with E-state index in [0.29, 0.717) is 17.9 Å². The fourth-order valence-corrected chi connectivity index (χ4v) is 1.86. The SMILES string of the molecule is O/N=C(\Cc1nc2ccccc2[nH]1)c1ccco1. The van der Waals surface area contributed by atoms with Crippen LogP contribution in [0.4, 0.5) is 0 Å². The Labute approximate surface area is 103 Å². The van der Waals surface area contributed by atoms with Crippen LogP contribution in [-0.2, 0) is 6.42 Å². The first-order valence-electron chi connectivity index (χ1n) is 5.55. The number of furan rings is 1. The molecule has 0 aliphatic rings. The van der Waals surface area contributed by atoms with E-state index in [0.717, 1.165) is 16.9 Å². The molecule has 0 fully saturated rings. The number of nitrogens with one attached hydrogen (secondary N) is 1. The van der Waals surface area contributed by atoms with E-state index in [1.54, 1.807) is 18.4 Å². The number of H-pyrrole nitrogens is 1. The molecule has 2 heterocycles. The Morgan fingerprint density at radius 3 is 2.89 bits per heavy atom. The number of benzene rings is 1. The van der Waals surface area contributed by atoms with Crippen molar-refractivity contribution in [2.45, 2.75) is 6.42 Å². The summed E-state index contributed by atoms with van der Waals surface area (Å²) in [6.07, 6.45) is 1.93. The van der Waals surface area contributed by atoms with Crippen LogP contribution in [0.15, 0.2) is 52.2 Å². The van der Waals surface area contributed by atoms with Gasteiger partial charge in [-0.3, -0.25) is 0 Å². The number of aromatic amines is 1. The van der Waals surface area contributed by atoms with Gasteiger partial charge in [0.25, 0.3) is 0 Å². The normalized spacial score (nSPS) is 12.1. The Bertz CT molecular complexity index is 650. The molecular formula is C13H11N3O2. The van der Waals surface area contributed by atoms with Gasteiger partial charge in [0.05, 0.1) is 23.7 Å². The van der Waals surface area contributed by atoms with Crippen LogP contribution in [0.5, 0.6) is 0 Å². The quantitative estimate of drug-likeness (QED) is 0.420. The molecule has 0 radical (unpaired) electrons. The average molecular weight is 241 g/mol. The fourth-order valence-electron chi connectivity index (χ4n) is 1.86. The van der Waals surface area contributed by atoms with Gasteiger partial charge in [-0.1, -0.05) is 17.3 Å². The van der Waals surface area contributed by atoms with E-state index in [-0.39, 0.29) is 0 Å². The highest BCUT2D eigenvalue weighted by molar-refractivity contribution is 5.99. The lowest BCUT2D eigenvalue weighted by Crippen LogP contribution is -2.05. The van der Waals surface area contributed by atoms with Gasteiger partial charge in [-0.15, -0.1) is 0 Å². The highest BCUT2D eigenvalue weighted by Crippen LogP contribution is 2.13. The summed E-state index contributed by atoms with van der Waals surface area (Å²) in [4.78, 5) is 7.60. The highest BCUT2D eigenvalue weighted by atomic mass is 16.4. The second-order valence-electron chi connectivity index (χ2n) is 3.90. The topological polar surface area (TPSA) is 74.4 Å². The Balaban J connectivity index is 1.92. The molecule has 0 aliphatic carbocycles. The highest BCUT2D eigenvalue weighted by Gasteiger charge is 2.11. The summed E-state index contributed by atoms with van der Waals surface area (Å²) in [5, 5.41) is 12.3. The van der Waals surface area contributed by atoms with Gasteiger partial charge >= 0.3 is 0 Å². The monoisotopic (exact) mass is 241 g/mol. The predicted octanol–water partition coefficient (Wildman–Crippen LogP) is 2.58. The van der Waals surface area contributed by atoms with E-state index in [4.69, 9.17) is 9.62 Å². The Kier molecular flexibility index (Phi) is 2.57. The molecule has 0 saturated heterocycles. The van der Waals surface area contributed by atoms with Crippen LogP contribution >= 0.6 is 0 Å². The molecule has 0 spiro atoms. The van der Waals surface area contributed by atoms with Gasteiger partial charge in [0.15, 0.2) is 5.76 Å². The molecule has 2 N–H and O–H groups in total. The molecule has 0 aliphatic heterocycles. The second kappa shape index (κ2) is 4.37. The van der Waals surface area contributed by atoms with Crippen LogP contribution < -0.4 is 0 Å².